The number of rotatable bonds is 4. The first-order valence-corrected chi connectivity index (χ1v) is 7.39. The van der Waals surface area contributed by atoms with Gasteiger partial charge in [-0.3, -0.25) is 0 Å². The van der Waals surface area contributed by atoms with E-state index < -0.39 is 0 Å². The fraction of sp³-hybridized carbons (Fsp3) is 0.267. The monoisotopic (exact) mass is 320 g/mol. The molecule has 4 heteroatoms. The van der Waals surface area contributed by atoms with Crippen LogP contribution in [0.3, 0.4) is 0 Å². The van der Waals surface area contributed by atoms with Gasteiger partial charge in [0.15, 0.2) is 0 Å². The van der Waals surface area contributed by atoms with Crippen molar-refractivity contribution in [3.05, 3.63) is 47.5 Å². The summed E-state index contributed by atoms with van der Waals surface area (Å²) in [5.74, 6) is 0. The van der Waals surface area contributed by atoms with Crippen molar-refractivity contribution in [1.29, 1.82) is 0 Å². The van der Waals surface area contributed by atoms with Gasteiger partial charge in [0.25, 0.3) is 0 Å². The second-order valence-electron chi connectivity index (χ2n) is 4.38. The number of hydrogen-bond acceptors (Lipinski definition) is 1. The van der Waals surface area contributed by atoms with Crippen LogP contribution in [0.5, 0.6) is 0 Å². The molecule has 100 valence electrons. The van der Waals surface area contributed by atoms with Crippen LogP contribution in [0.25, 0.3) is 10.8 Å². The number of aryl methyl sites for hydroxylation is 1. The van der Waals surface area contributed by atoms with E-state index in [4.69, 9.17) is 0 Å². The van der Waals surface area contributed by atoms with Gasteiger partial charge in [-0.2, -0.15) is 0 Å². The number of alkyl halides is 1. The molecule has 0 atom stereocenters. The van der Waals surface area contributed by atoms with E-state index in [-0.39, 0.29) is 6.03 Å². The number of benzene rings is 2. The number of amides is 2. The highest BCUT2D eigenvalue weighted by molar-refractivity contribution is 9.09. The molecule has 2 aromatic carbocycles. The third-order valence-electron chi connectivity index (χ3n) is 3.08. The Bertz CT molecular complexity index is 583. The molecule has 0 aromatic heterocycles. The van der Waals surface area contributed by atoms with E-state index in [0.29, 0.717) is 13.1 Å². The molecule has 0 radical (unpaired) electrons. The van der Waals surface area contributed by atoms with Crippen molar-refractivity contribution in [1.82, 2.24) is 10.6 Å². The van der Waals surface area contributed by atoms with E-state index in [2.05, 4.69) is 57.8 Å². The van der Waals surface area contributed by atoms with Crippen LogP contribution >= 0.6 is 15.9 Å². The summed E-state index contributed by atoms with van der Waals surface area (Å²) >= 11 is 3.28. The van der Waals surface area contributed by atoms with Crippen LogP contribution < -0.4 is 10.6 Å². The Morgan fingerprint density at radius 2 is 1.95 bits per heavy atom. The SMILES string of the molecule is Cc1ccc2ccccc2c1CNC(=O)NCCBr. The van der Waals surface area contributed by atoms with Gasteiger partial charge in [0, 0.05) is 18.4 Å². The molecule has 2 rings (SSSR count). The third kappa shape index (κ3) is 3.47. The minimum absolute atomic E-state index is 0.133. The van der Waals surface area contributed by atoms with Crippen molar-refractivity contribution < 1.29 is 4.79 Å². The minimum atomic E-state index is -0.133. The van der Waals surface area contributed by atoms with Crippen molar-refractivity contribution in [2.45, 2.75) is 13.5 Å². The zero-order chi connectivity index (χ0) is 13.7. The van der Waals surface area contributed by atoms with E-state index in [1.54, 1.807) is 0 Å². The summed E-state index contributed by atoms with van der Waals surface area (Å²) in [5, 5.41) is 8.82. The van der Waals surface area contributed by atoms with Crippen molar-refractivity contribution >= 4 is 32.7 Å². The standard InChI is InChI=1S/C15H17BrN2O/c1-11-6-7-12-4-2-3-5-13(12)14(11)10-18-15(19)17-9-8-16/h2-7H,8-10H2,1H3,(H2,17,18,19). The molecule has 2 aromatic rings. The van der Waals surface area contributed by atoms with Gasteiger partial charge in [0.1, 0.15) is 0 Å². The van der Waals surface area contributed by atoms with Crippen LogP contribution in [-0.2, 0) is 6.54 Å². The zero-order valence-corrected chi connectivity index (χ0v) is 12.5. The second kappa shape index (κ2) is 6.57. The smallest absolute Gasteiger partial charge is 0.315 e. The van der Waals surface area contributed by atoms with Gasteiger partial charge in [-0.1, -0.05) is 52.3 Å². The molecule has 2 N–H and O–H groups in total. The van der Waals surface area contributed by atoms with E-state index in [1.807, 2.05) is 12.1 Å². The van der Waals surface area contributed by atoms with Gasteiger partial charge >= 0.3 is 6.03 Å². The molecular formula is C15H17BrN2O. The number of nitrogens with one attached hydrogen (secondary N) is 2. The van der Waals surface area contributed by atoms with Gasteiger partial charge < -0.3 is 10.6 Å². The Labute approximate surface area is 121 Å². The van der Waals surface area contributed by atoms with Crippen LogP contribution in [0.1, 0.15) is 11.1 Å². The summed E-state index contributed by atoms with van der Waals surface area (Å²) in [6.07, 6.45) is 0. The van der Waals surface area contributed by atoms with Crippen molar-refractivity contribution in [2.24, 2.45) is 0 Å². The fourth-order valence-electron chi connectivity index (χ4n) is 2.07. The number of carbonyl (C=O) groups is 1. The zero-order valence-electron chi connectivity index (χ0n) is 10.9. The molecule has 0 heterocycles. The quantitative estimate of drug-likeness (QED) is 0.833. The van der Waals surface area contributed by atoms with E-state index in [0.717, 1.165) is 5.33 Å². The molecule has 3 nitrogen and oxygen atoms in total. The summed E-state index contributed by atoms with van der Waals surface area (Å²) in [6, 6.07) is 12.3. The molecule has 0 aliphatic rings. The Balaban J connectivity index is 2.15. The molecule has 0 saturated heterocycles. The number of hydrogen-bond donors (Lipinski definition) is 2. The lowest BCUT2D eigenvalue weighted by Crippen LogP contribution is -2.36. The van der Waals surface area contributed by atoms with Crippen LogP contribution in [0, 0.1) is 6.92 Å². The molecule has 19 heavy (non-hydrogen) atoms. The number of urea groups is 1. The number of halogens is 1. The third-order valence-corrected chi connectivity index (χ3v) is 3.48. The minimum Gasteiger partial charge on any atom is -0.337 e. The lowest BCUT2D eigenvalue weighted by molar-refractivity contribution is 0.241. The van der Waals surface area contributed by atoms with Gasteiger partial charge in [-0.15, -0.1) is 0 Å². The van der Waals surface area contributed by atoms with Gasteiger partial charge in [-0.05, 0) is 28.8 Å². The first-order chi connectivity index (χ1) is 9.22. The van der Waals surface area contributed by atoms with E-state index in [9.17, 15) is 4.79 Å². The van der Waals surface area contributed by atoms with Crippen LogP contribution in [0.4, 0.5) is 4.79 Å². The van der Waals surface area contributed by atoms with Gasteiger partial charge in [-0.25, -0.2) is 4.79 Å². The predicted molar refractivity (Wildman–Crippen MR) is 82.7 cm³/mol. The summed E-state index contributed by atoms with van der Waals surface area (Å²) in [7, 11) is 0. The van der Waals surface area contributed by atoms with Crippen molar-refractivity contribution in [2.75, 3.05) is 11.9 Å². The molecule has 2 amide bonds. The Hall–Kier alpha value is -1.55. The normalized spacial score (nSPS) is 10.4. The molecule has 0 fully saturated rings. The second-order valence-corrected chi connectivity index (χ2v) is 5.17. The highest BCUT2D eigenvalue weighted by Crippen LogP contribution is 2.21. The Morgan fingerprint density at radius 3 is 2.74 bits per heavy atom. The summed E-state index contributed by atoms with van der Waals surface area (Å²) in [6.45, 7) is 3.24. The van der Waals surface area contributed by atoms with Crippen molar-refractivity contribution in [3.63, 3.8) is 0 Å². The predicted octanol–water partition coefficient (Wildman–Crippen LogP) is 3.34. The van der Waals surface area contributed by atoms with E-state index >= 15 is 0 Å². The first-order valence-electron chi connectivity index (χ1n) is 6.27. The van der Waals surface area contributed by atoms with Crippen LogP contribution in [0.15, 0.2) is 36.4 Å². The molecule has 0 saturated carbocycles. The molecule has 0 spiro atoms. The van der Waals surface area contributed by atoms with Gasteiger partial charge in [0.05, 0.1) is 0 Å². The largest absolute Gasteiger partial charge is 0.337 e. The average molecular weight is 321 g/mol. The van der Waals surface area contributed by atoms with Crippen molar-refractivity contribution in [3.8, 4) is 0 Å². The molecule has 0 aliphatic carbocycles. The fourth-order valence-corrected chi connectivity index (χ4v) is 2.27. The van der Waals surface area contributed by atoms with E-state index in [1.165, 1.54) is 21.9 Å². The maximum absolute atomic E-state index is 11.6. The molecule has 0 unspecified atom stereocenters. The lowest BCUT2D eigenvalue weighted by Gasteiger charge is -2.12. The van der Waals surface area contributed by atoms with Gasteiger partial charge in [0.2, 0.25) is 0 Å². The Kier molecular flexibility index (Phi) is 4.80. The summed E-state index contributed by atoms with van der Waals surface area (Å²) < 4.78 is 0. The highest BCUT2D eigenvalue weighted by Gasteiger charge is 2.06. The maximum atomic E-state index is 11.6. The summed E-state index contributed by atoms with van der Waals surface area (Å²) in [4.78, 5) is 11.6. The number of fused-ring (bicyclic) bond motifs is 1. The van der Waals surface area contributed by atoms with Crippen LogP contribution in [-0.4, -0.2) is 17.9 Å². The lowest BCUT2D eigenvalue weighted by atomic mass is 10.00. The molecular weight excluding hydrogens is 304 g/mol. The molecule has 0 bridgehead atoms. The number of carbonyl (C=O) groups excluding carboxylic acids is 1. The topological polar surface area (TPSA) is 41.1 Å². The summed E-state index contributed by atoms with van der Waals surface area (Å²) in [5.41, 5.74) is 2.37. The highest BCUT2D eigenvalue weighted by atomic mass is 79.9. The Morgan fingerprint density at radius 1 is 1.16 bits per heavy atom. The first kappa shape index (κ1) is 13.9. The maximum Gasteiger partial charge on any atom is 0.315 e. The van der Waals surface area contributed by atoms with Crippen LogP contribution in [0.2, 0.25) is 0 Å². The molecule has 0 aliphatic heterocycles. The average Bonchev–Trinajstić information content (AvgIpc) is 2.44.